The first-order chi connectivity index (χ1) is 9.61. The third-order valence-electron chi connectivity index (χ3n) is 4.10. The predicted molar refractivity (Wildman–Crippen MR) is 81.8 cm³/mol. The van der Waals surface area contributed by atoms with Crippen LogP contribution in [0.1, 0.15) is 30.5 Å². The highest BCUT2D eigenvalue weighted by Gasteiger charge is 2.20. The summed E-state index contributed by atoms with van der Waals surface area (Å²) in [6.45, 7) is 2.69. The van der Waals surface area contributed by atoms with E-state index in [0.29, 0.717) is 18.6 Å². The van der Waals surface area contributed by atoms with Gasteiger partial charge < -0.3 is 16.0 Å². The van der Waals surface area contributed by atoms with E-state index in [4.69, 9.17) is 5.73 Å². The van der Waals surface area contributed by atoms with Gasteiger partial charge in [0.05, 0.1) is 0 Å². The smallest absolute Gasteiger partial charge is 0.189 e. The Morgan fingerprint density at radius 2 is 2.20 bits per heavy atom. The van der Waals surface area contributed by atoms with Gasteiger partial charge in [0.2, 0.25) is 0 Å². The van der Waals surface area contributed by atoms with E-state index < -0.39 is 0 Å². The zero-order valence-corrected chi connectivity index (χ0v) is 11.8. The zero-order chi connectivity index (χ0) is 14.1. The van der Waals surface area contributed by atoms with E-state index in [0.717, 1.165) is 41.4 Å². The second kappa shape index (κ2) is 5.38. The van der Waals surface area contributed by atoms with Crippen LogP contribution < -0.4 is 16.5 Å². The van der Waals surface area contributed by atoms with E-state index in [1.165, 1.54) is 0 Å². The van der Waals surface area contributed by atoms with E-state index >= 15 is 0 Å². The van der Waals surface area contributed by atoms with E-state index in [1.54, 1.807) is 6.07 Å². The Labute approximate surface area is 118 Å². The number of nitrogens with two attached hydrogens (primary N) is 1. The lowest BCUT2D eigenvalue weighted by Gasteiger charge is -2.12. The molecule has 1 aliphatic carbocycles. The van der Waals surface area contributed by atoms with Crippen LogP contribution in [0.2, 0.25) is 0 Å². The number of fused-ring (bicyclic) bond motifs is 1. The Kier molecular flexibility index (Phi) is 3.59. The van der Waals surface area contributed by atoms with Crippen molar-refractivity contribution in [2.24, 2.45) is 5.73 Å². The standard InChI is InChI=1S/C16H21N3O/c1-10-2-5-15-14(6-10)16(20)8-13(19-15)9-18-12-4-3-11(17)7-12/h2,5-6,8,11-12,18H,3-4,7,9,17H2,1H3,(H,19,20)/t11-,12-/m1/s1. The molecule has 1 aromatic carbocycles. The molecule has 2 atom stereocenters. The molecule has 1 heterocycles. The maximum atomic E-state index is 12.1. The lowest BCUT2D eigenvalue weighted by molar-refractivity contribution is 0.513. The average Bonchev–Trinajstić information content (AvgIpc) is 2.83. The molecule has 1 aliphatic rings. The average molecular weight is 271 g/mol. The first kappa shape index (κ1) is 13.3. The predicted octanol–water partition coefficient (Wildman–Crippen LogP) is 1.81. The minimum absolute atomic E-state index is 0.0855. The van der Waals surface area contributed by atoms with Gasteiger partial charge in [-0.15, -0.1) is 0 Å². The van der Waals surface area contributed by atoms with Crippen molar-refractivity contribution in [1.82, 2.24) is 10.3 Å². The summed E-state index contributed by atoms with van der Waals surface area (Å²) in [6, 6.07) is 8.42. The largest absolute Gasteiger partial charge is 0.357 e. The van der Waals surface area contributed by atoms with E-state index in [2.05, 4.69) is 10.3 Å². The fraction of sp³-hybridized carbons (Fsp3) is 0.438. The molecule has 1 fully saturated rings. The molecule has 106 valence electrons. The van der Waals surface area contributed by atoms with Crippen molar-refractivity contribution in [3.63, 3.8) is 0 Å². The van der Waals surface area contributed by atoms with Gasteiger partial charge in [-0.25, -0.2) is 0 Å². The topological polar surface area (TPSA) is 70.9 Å². The third-order valence-corrected chi connectivity index (χ3v) is 4.10. The number of H-pyrrole nitrogens is 1. The maximum absolute atomic E-state index is 12.1. The van der Waals surface area contributed by atoms with Crippen molar-refractivity contribution in [3.8, 4) is 0 Å². The highest BCUT2D eigenvalue weighted by atomic mass is 16.1. The van der Waals surface area contributed by atoms with Crippen LogP contribution in [-0.2, 0) is 6.54 Å². The summed E-state index contributed by atoms with van der Waals surface area (Å²) in [5, 5.41) is 4.24. The lowest BCUT2D eigenvalue weighted by Crippen LogP contribution is -2.28. The fourth-order valence-corrected chi connectivity index (χ4v) is 2.97. The van der Waals surface area contributed by atoms with Gasteiger partial charge in [0.1, 0.15) is 0 Å². The van der Waals surface area contributed by atoms with E-state index in [9.17, 15) is 4.79 Å². The highest BCUT2D eigenvalue weighted by molar-refractivity contribution is 5.79. The van der Waals surface area contributed by atoms with Gasteiger partial charge in [0.15, 0.2) is 5.43 Å². The second-order valence-electron chi connectivity index (χ2n) is 5.86. The normalized spacial score (nSPS) is 22.5. The molecule has 3 rings (SSSR count). The van der Waals surface area contributed by atoms with E-state index in [1.807, 2.05) is 25.1 Å². The van der Waals surface area contributed by atoms with Gasteiger partial charge in [-0.1, -0.05) is 11.6 Å². The van der Waals surface area contributed by atoms with Crippen LogP contribution in [0.3, 0.4) is 0 Å². The summed E-state index contributed by atoms with van der Waals surface area (Å²) in [5.41, 5.74) is 8.94. The van der Waals surface area contributed by atoms with Crippen molar-refractivity contribution >= 4 is 10.9 Å². The number of aryl methyl sites for hydroxylation is 1. The quantitative estimate of drug-likeness (QED) is 0.797. The number of aromatic amines is 1. The number of aromatic nitrogens is 1. The molecule has 1 saturated carbocycles. The number of benzene rings is 1. The molecule has 0 saturated heterocycles. The van der Waals surface area contributed by atoms with Crippen LogP contribution in [0.15, 0.2) is 29.1 Å². The van der Waals surface area contributed by atoms with Crippen molar-refractivity contribution in [1.29, 1.82) is 0 Å². The molecule has 2 aromatic rings. The summed E-state index contributed by atoms with van der Waals surface area (Å²) < 4.78 is 0. The molecule has 1 aromatic heterocycles. The Bertz CT molecular complexity index is 677. The molecule has 0 radical (unpaired) electrons. The van der Waals surface area contributed by atoms with Crippen molar-refractivity contribution < 1.29 is 0 Å². The molecule has 0 bridgehead atoms. The van der Waals surface area contributed by atoms with Gasteiger partial charge in [-0.3, -0.25) is 4.79 Å². The summed E-state index contributed by atoms with van der Waals surface area (Å²) >= 11 is 0. The number of hydrogen-bond donors (Lipinski definition) is 3. The number of rotatable bonds is 3. The number of pyridine rings is 1. The van der Waals surface area contributed by atoms with E-state index in [-0.39, 0.29) is 5.43 Å². The maximum Gasteiger partial charge on any atom is 0.189 e. The molecule has 0 unspecified atom stereocenters. The summed E-state index contributed by atoms with van der Waals surface area (Å²) in [6.07, 6.45) is 3.24. The minimum atomic E-state index is 0.0855. The molecule has 0 amide bonds. The van der Waals surface area contributed by atoms with Gasteiger partial charge in [0.25, 0.3) is 0 Å². The van der Waals surface area contributed by atoms with Crippen LogP contribution in [0.4, 0.5) is 0 Å². The SMILES string of the molecule is Cc1ccc2[nH]c(CN[C@@H]3CC[C@@H](N)C3)cc(=O)c2c1. The monoisotopic (exact) mass is 271 g/mol. The molecule has 20 heavy (non-hydrogen) atoms. The fourth-order valence-electron chi connectivity index (χ4n) is 2.97. The lowest BCUT2D eigenvalue weighted by atomic mass is 10.1. The summed E-state index contributed by atoms with van der Waals surface area (Å²) in [7, 11) is 0. The second-order valence-corrected chi connectivity index (χ2v) is 5.86. The third kappa shape index (κ3) is 2.76. The first-order valence-electron chi connectivity index (χ1n) is 7.23. The Balaban J connectivity index is 1.79. The number of hydrogen-bond acceptors (Lipinski definition) is 3. The molecule has 4 N–H and O–H groups in total. The summed E-state index contributed by atoms with van der Waals surface area (Å²) in [5.74, 6) is 0. The number of nitrogens with one attached hydrogen (secondary N) is 2. The van der Waals surface area contributed by atoms with Gasteiger partial charge >= 0.3 is 0 Å². The Morgan fingerprint density at radius 1 is 1.35 bits per heavy atom. The Hall–Kier alpha value is -1.65. The van der Waals surface area contributed by atoms with Crippen LogP contribution in [0.5, 0.6) is 0 Å². The van der Waals surface area contributed by atoms with Crippen molar-refractivity contribution in [3.05, 3.63) is 45.7 Å². The molecule has 4 heteroatoms. The van der Waals surface area contributed by atoms with Crippen LogP contribution in [0.25, 0.3) is 10.9 Å². The molecular formula is C16H21N3O. The van der Waals surface area contributed by atoms with Crippen LogP contribution >= 0.6 is 0 Å². The molecule has 4 nitrogen and oxygen atoms in total. The van der Waals surface area contributed by atoms with Gasteiger partial charge in [0, 0.05) is 41.3 Å². The molecule has 0 aliphatic heterocycles. The summed E-state index contributed by atoms with van der Waals surface area (Å²) in [4.78, 5) is 15.5. The highest BCUT2D eigenvalue weighted by Crippen LogP contribution is 2.17. The van der Waals surface area contributed by atoms with Gasteiger partial charge in [-0.05, 0) is 38.3 Å². The zero-order valence-electron chi connectivity index (χ0n) is 11.8. The first-order valence-corrected chi connectivity index (χ1v) is 7.23. The molecule has 0 spiro atoms. The minimum Gasteiger partial charge on any atom is -0.357 e. The molecular weight excluding hydrogens is 250 g/mol. The van der Waals surface area contributed by atoms with Crippen molar-refractivity contribution in [2.75, 3.05) is 0 Å². The Morgan fingerprint density at radius 3 is 2.95 bits per heavy atom. The van der Waals surface area contributed by atoms with Gasteiger partial charge in [-0.2, -0.15) is 0 Å². The van der Waals surface area contributed by atoms with Crippen LogP contribution in [0, 0.1) is 6.92 Å². The van der Waals surface area contributed by atoms with Crippen LogP contribution in [-0.4, -0.2) is 17.1 Å². The van der Waals surface area contributed by atoms with Crippen molar-refractivity contribution in [2.45, 2.75) is 44.8 Å².